The zero-order chi connectivity index (χ0) is 10.7. The van der Waals surface area contributed by atoms with Crippen LogP contribution >= 0.6 is 24.8 Å². The molecular formula is C14H17Cl2OTi-. The molecule has 1 atom stereocenters. The second-order valence-corrected chi connectivity index (χ2v) is 3.70. The second-order valence-electron chi connectivity index (χ2n) is 3.70. The predicted octanol–water partition coefficient (Wildman–Crippen LogP) is 4.33. The molecule has 0 N–H and O–H groups in total. The van der Waals surface area contributed by atoms with E-state index in [0.29, 0.717) is 5.92 Å². The van der Waals surface area contributed by atoms with Crippen LogP contribution in [0.5, 0.6) is 5.75 Å². The minimum atomic E-state index is 0. The first-order valence-electron chi connectivity index (χ1n) is 5.23. The van der Waals surface area contributed by atoms with E-state index < -0.39 is 0 Å². The van der Waals surface area contributed by atoms with Crippen LogP contribution in [-0.2, 0) is 21.7 Å². The molecule has 1 nitrogen and oxygen atoms in total. The van der Waals surface area contributed by atoms with Gasteiger partial charge < -0.3 is 4.74 Å². The number of hydrogen-bond acceptors (Lipinski definition) is 1. The smallest absolute Gasteiger partial charge is 0.122 e. The molecule has 1 aromatic rings. The molecule has 0 saturated carbocycles. The van der Waals surface area contributed by atoms with Crippen molar-refractivity contribution in [3.8, 4) is 5.75 Å². The maximum atomic E-state index is 5.36. The number of benzene rings is 1. The summed E-state index contributed by atoms with van der Waals surface area (Å²) < 4.78 is 5.36. The van der Waals surface area contributed by atoms with E-state index in [2.05, 4.69) is 31.2 Å². The summed E-state index contributed by atoms with van der Waals surface area (Å²) in [6, 6.07) is 8.17. The first kappa shape index (κ1) is 20.1. The number of hydrogen-bond donors (Lipinski definition) is 0. The average molecular weight is 320 g/mol. The molecule has 0 bridgehead atoms. The molecule has 0 saturated heterocycles. The summed E-state index contributed by atoms with van der Waals surface area (Å²) in [6.07, 6.45) is 8.59. The van der Waals surface area contributed by atoms with Crippen LogP contribution in [0.3, 0.4) is 0 Å². The van der Waals surface area contributed by atoms with Gasteiger partial charge in [-0.25, -0.2) is 11.6 Å². The van der Waals surface area contributed by atoms with Gasteiger partial charge in [0.15, 0.2) is 0 Å². The largest absolute Gasteiger partial charge is 0.496 e. The topological polar surface area (TPSA) is 9.23 Å². The molecule has 0 aliphatic heterocycles. The fraction of sp³-hybridized carbons (Fsp3) is 0.286. The van der Waals surface area contributed by atoms with Crippen molar-refractivity contribution in [2.75, 3.05) is 7.11 Å². The van der Waals surface area contributed by atoms with E-state index in [-0.39, 0.29) is 46.5 Å². The van der Waals surface area contributed by atoms with Crippen molar-refractivity contribution < 1.29 is 26.5 Å². The zero-order valence-electron chi connectivity index (χ0n) is 10.5. The number of rotatable bonds is 3. The molecule has 0 heterocycles. The van der Waals surface area contributed by atoms with Gasteiger partial charge in [-0.1, -0.05) is 25.1 Å². The minimum Gasteiger partial charge on any atom is -0.496 e. The number of halogens is 2. The van der Waals surface area contributed by atoms with Crippen LogP contribution in [0.25, 0.3) is 0 Å². The van der Waals surface area contributed by atoms with E-state index in [1.165, 1.54) is 11.1 Å². The predicted molar refractivity (Wildman–Crippen MR) is 76.4 cm³/mol. The molecule has 0 aromatic heterocycles. The van der Waals surface area contributed by atoms with Crippen molar-refractivity contribution in [1.29, 1.82) is 0 Å². The summed E-state index contributed by atoms with van der Waals surface area (Å²) >= 11 is 0. The Kier molecular flexibility index (Phi) is 10.8. The van der Waals surface area contributed by atoms with Crippen LogP contribution in [0.15, 0.2) is 42.0 Å². The monoisotopic (exact) mass is 319 g/mol. The molecule has 1 aromatic carbocycles. The van der Waals surface area contributed by atoms with Crippen molar-refractivity contribution in [3.63, 3.8) is 0 Å². The van der Waals surface area contributed by atoms with E-state index in [9.17, 15) is 0 Å². The van der Waals surface area contributed by atoms with Gasteiger partial charge in [0.05, 0.1) is 7.11 Å². The Hall–Kier alpha value is -0.206. The average Bonchev–Trinajstić information content (AvgIpc) is 2.81. The molecule has 0 spiro atoms. The molecule has 18 heavy (non-hydrogen) atoms. The molecule has 4 heteroatoms. The maximum absolute atomic E-state index is 5.36. The van der Waals surface area contributed by atoms with Crippen LogP contribution in [-0.4, -0.2) is 7.11 Å². The van der Waals surface area contributed by atoms with Crippen molar-refractivity contribution in [1.82, 2.24) is 0 Å². The molecule has 0 fully saturated rings. The summed E-state index contributed by atoms with van der Waals surface area (Å²) in [5, 5.41) is 0. The molecular weight excluding hydrogens is 303 g/mol. The number of allylic oxidation sites excluding steroid dienone is 4. The summed E-state index contributed by atoms with van der Waals surface area (Å²) in [7, 11) is 1.72. The van der Waals surface area contributed by atoms with Crippen molar-refractivity contribution in [3.05, 3.63) is 53.6 Å². The fourth-order valence-corrected chi connectivity index (χ4v) is 1.91. The first-order chi connectivity index (χ1) is 7.33. The summed E-state index contributed by atoms with van der Waals surface area (Å²) in [5.41, 5.74) is 2.49. The number of methoxy groups -OCH3 is 1. The Balaban J connectivity index is 0. The molecule has 2 rings (SSSR count). The molecule has 98 valence electrons. The standard InChI is InChI=1S/C14H15O.2ClH.Ti/c1-11(12-7-3-4-8-12)13-9-5-6-10-14(13)15-2;;;/h3,5-7,9-11H,4H2,1-2H3;2*1H;/q-1;;;. The first-order valence-corrected chi connectivity index (χ1v) is 5.23. The van der Waals surface area contributed by atoms with Gasteiger partial charge in [-0.15, -0.1) is 31.2 Å². The molecule has 0 amide bonds. The van der Waals surface area contributed by atoms with E-state index in [1.807, 2.05) is 18.2 Å². The van der Waals surface area contributed by atoms with Gasteiger partial charge in [-0.3, -0.25) is 6.08 Å². The molecule has 1 aliphatic rings. The Morgan fingerprint density at radius 1 is 1.22 bits per heavy atom. The van der Waals surface area contributed by atoms with Crippen molar-refractivity contribution in [2.45, 2.75) is 19.3 Å². The van der Waals surface area contributed by atoms with Crippen LogP contribution in [0.2, 0.25) is 0 Å². The zero-order valence-corrected chi connectivity index (χ0v) is 13.7. The third-order valence-corrected chi connectivity index (χ3v) is 2.79. The summed E-state index contributed by atoms with van der Waals surface area (Å²) in [6.45, 7) is 2.19. The Morgan fingerprint density at radius 2 is 1.89 bits per heavy atom. The van der Waals surface area contributed by atoms with E-state index in [0.717, 1.165) is 12.2 Å². The van der Waals surface area contributed by atoms with Crippen molar-refractivity contribution in [2.24, 2.45) is 0 Å². The van der Waals surface area contributed by atoms with Gasteiger partial charge in [0.2, 0.25) is 0 Å². The third-order valence-electron chi connectivity index (χ3n) is 2.79. The number of ether oxygens (including phenoxy) is 1. The van der Waals surface area contributed by atoms with Gasteiger partial charge in [0, 0.05) is 21.7 Å². The van der Waals surface area contributed by atoms with Gasteiger partial charge in [0.1, 0.15) is 5.75 Å². The molecule has 1 unspecified atom stereocenters. The van der Waals surface area contributed by atoms with Gasteiger partial charge in [0.25, 0.3) is 0 Å². The minimum absolute atomic E-state index is 0. The van der Waals surface area contributed by atoms with E-state index in [1.54, 1.807) is 7.11 Å². The Morgan fingerprint density at radius 3 is 2.44 bits per heavy atom. The third kappa shape index (κ3) is 4.47. The fourth-order valence-electron chi connectivity index (χ4n) is 1.91. The second kappa shape index (κ2) is 9.69. The van der Waals surface area contributed by atoms with Crippen LogP contribution in [0, 0.1) is 6.08 Å². The van der Waals surface area contributed by atoms with Gasteiger partial charge in [-0.2, -0.15) is 6.08 Å². The quantitative estimate of drug-likeness (QED) is 0.595. The normalized spacial score (nSPS) is 13.6. The van der Waals surface area contributed by atoms with Crippen molar-refractivity contribution >= 4 is 24.8 Å². The van der Waals surface area contributed by atoms with Gasteiger partial charge in [-0.05, 0) is 17.5 Å². The maximum Gasteiger partial charge on any atom is 0.122 e. The van der Waals surface area contributed by atoms with E-state index in [4.69, 9.17) is 4.74 Å². The Bertz CT molecular complexity index is 416. The summed E-state index contributed by atoms with van der Waals surface area (Å²) in [4.78, 5) is 0. The SMILES string of the molecule is COc1ccccc1C(C)C1=[C-]CC=C1.Cl.Cl.[Ti]. The number of para-hydroxylation sites is 1. The van der Waals surface area contributed by atoms with E-state index >= 15 is 0 Å². The molecule has 0 radical (unpaired) electrons. The van der Waals surface area contributed by atoms with Gasteiger partial charge >= 0.3 is 0 Å². The summed E-state index contributed by atoms with van der Waals surface area (Å²) in [5.74, 6) is 1.32. The Labute approximate surface area is 136 Å². The molecule has 1 aliphatic carbocycles. The van der Waals surface area contributed by atoms with Crippen LogP contribution in [0.1, 0.15) is 24.8 Å². The van der Waals surface area contributed by atoms with Crippen LogP contribution in [0.4, 0.5) is 0 Å². The van der Waals surface area contributed by atoms with Crippen LogP contribution < -0.4 is 4.74 Å².